The van der Waals surface area contributed by atoms with E-state index in [9.17, 15) is 0 Å². The van der Waals surface area contributed by atoms with Crippen molar-refractivity contribution in [2.45, 2.75) is 13.8 Å². The molecule has 0 radical (unpaired) electrons. The van der Waals surface area contributed by atoms with Crippen molar-refractivity contribution in [2.75, 3.05) is 13.2 Å². The number of aliphatic hydroxyl groups is 2. The SMILES string of the molecule is CCO.CCO.O.O.[Zr]. The summed E-state index contributed by atoms with van der Waals surface area (Å²) in [5, 5.41) is 15.1. The molecule has 6 N–H and O–H groups in total. The molecule has 9 heavy (non-hydrogen) atoms. The Kier molecular flexibility index (Phi) is 259. The number of hydrogen-bond donors (Lipinski definition) is 2. The van der Waals surface area contributed by atoms with E-state index in [1.54, 1.807) is 13.8 Å². The zero-order valence-corrected chi connectivity index (χ0v) is 8.27. The fraction of sp³-hybridized carbons (Fsp3) is 1.00. The Hall–Kier alpha value is 0.723. The molecule has 0 saturated carbocycles. The minimum atomic E-state index is 0. The van der Waals surface area contributed by atoms with E-state index in [-0.39, 0.29) is 50.4 Å². The Bertz CT molecular complexity index is 14.5. The molecule has 60 valence electrons. The summed E-state index contributed by atoms with van der Waals surface area (Å²) in [4.78, 5) is 0. The molecule has 0 unspecified atom stereocenters. The summed E-state index contributed by atoms with van der Waals surface area (Å²) in [6, 6.07) is 0. The first-order chi connectivity index (χ1) is 2.83. The van der Waals surface area contributed by atoms with E-state index in [2.05, 4.69) is 0 Å². The van der Waals surface area contributed by atoms with Crippen LogP contribution in [-0.4, -0.2) is 34.4 Å². The van der Waals surface area contributed by atoms with Crippen molar-refractivity contribution in [1.82, 2.24) is 0 Å². The molecule has 5 heteroatoms. The molecule has 0 spiro atoms. The predicted octanol–water partition coefficient (Wildman–Crippen LogP) is -1.65. The van der Waals surface area contributed by atoms with Crippen LogP contribution in [0.4, 0.5) is 0 Å². The third-order valence-corrected chi connectivity index (χ3v) is 0. The van der Waals surface area contributed by atoms with Crippen LogP contribution < -0.4 is 0 Å². The topological polar surface area (TPSA) is 103 Å². The average Bonchev–Trinajstić information content (AvgIpc) is 1.39. The smallest absolute Gasteiger partial charge is 0.0402 e. The van der Waals surface area contributed by atoms with Crippen LogP contribution in [0.2, 0.25) is 0 Å². The first-order valence-electron chi connectivity index (χ1n) is 2.05. The third kappa shape index (κ3) is 754. The van der Waals surface area contributed by atoms with E-state index in [1.165, 1.54) is 0 Å². The number of hydrogen-bond acceptors (Lipinski definition) is 2. The Morgan fingerprint density at radius 2 is 0.889 bits per heavy atom. The van der Waals surface area contributed by atoms with Crippen LogP contribution >= 0.6 is 0 Å². The molecule has 0 heterocycles. The summed E-state index contributed by atoms with van der Waals surface area (Å²) >= 11 is 0. The van der Waals surface area contributed by atoms with Gasteiger partial charge in [-0.05, 0) is 13.8 Å². The second kappa shape index (κ2) is 70.2. The monoisotopic (exact) mass is 218 g/mol. The van der Waals surface area contributed by atoms with Crippen molar-refractivity contribution in [3.63, 3.8) is 0 Å². The first kappa shape index (κ1) is 33.2. The molecule has 0 aliphatic carbocycles. The fourth-order valence-corrected chi connectivity index (χ4v) is 0. The Morgan fingerprint density at radius 3 is 0.889 bits per heavy atom. The summed E-state index contributed by atoms with van der Waals surface area (Å²) in [7, 11) is 0. The molecule has 0 saturated heterocycles. The van der Waals surface area contributed by atoms with Gasteiger partial charge in [0.15, 0.2) is 0 Å². The standard InChI is InChI=1S/2C2H6O.2H2O.Zr/c2*1-2-3;;;/h2*3H,2H2,1H3;2*1H2;. The van der Waals surface area contributed by atoms with E-state index in [0.717, 1.165) is 0 Å². The fourth-order valence-electron chi connectivity index (χ4n) is 0. The van der Waals surface area contributed by atoms with Crippen molar-refractivity contribution in [3.8, 4) is 0 Å². The van der Waals surface area contributed by atoms with E-state index < -0.39 is 0 Å². The molecule has 4 nitrogen and oxygen atoms in total. The van der Waals surface area contributed by atoms with E-state index in [1.807, 2.05) is 0 Å². The zero-order chi connectivity index (χ0) is 5.41. The van der Waals surface area contributed by atoms with Crippen LogP contribution in [0.1, 0.15) is 13.8 Å². The summed E-state index contributed by atoms with van der Waals surface area (Å²) in [6.45, 7) is 3.86. The van der Waals surface area contributed by atoms with Crippen LogP contribution in [0.15, 0.2) is 0 Å². The van der Waals surface area contributed by atoms with Gasteiger partial charge in [0.25, 0.3) is 0 Å². The zero-order valence-electron chi connectivity index (χ0n) is 5.81. The van der Waals surface area contributed by atoms with Crippen molar-refractivity contribution in [2.24, 2.45) is 0 Å². The van der Waals surface area contributed by atoms with Crippen LogP contribution in [0.5, 0.6) is 0 Å². The van der Waals surface area contributed by atoms with E-state index in [4.69, 9.17) is 10.2 Å². The first-order valence-corrected chi connectivity index (χ1v) is 2.05. The Labute approximate surface area is 74.6 Å². The maximum atomic E-state index is 7.57. The Morgan fingerprint density at radius 1 is 0.889 bits per heavy atom. The minimum absolute atomic E-state index is 0. The maximum absolute atomic E-state index is 7.57. The molecule has 0 aromatic rings. The molecule has 0 rings (SSSR count). The van der Waals surface area contributed by atoms with Gasteiger partial charge in [-0.1, -0.05) is 0 Å². The van der Waals surface area contributed by atoms with Gasteiger partial charge >= 0.3 is 0 Å². The molecule has 0 atom stereocenters. The quantitative estimate of drug-likeness (QED) is 0.509. The van der Waals surface area contributed by atoms with Crippen LogP contribution in [-0.2, 0) is 26.2 Å². The molecular formula is C4H16O4Zr. The van der Waals surface area contributed by atoms with Gasteiger partial charge in [0.05, 0.1) is 0 Å². The normalized spacial score (nSPS) is 4.00. The third-order valence-electron chi connectivity index (χ3n) is 0. The van der Waals surface area contributed by atoms with Gasteiger partial charge in [0.1, 0.15) is 0 Å². The van der Waals surface area contributed by atoms with Crippen LogP contribution in [0.25, 0.3) is 0 Å². The van der Waals surface area contributed by atoms with Gasteiger partial charge < -0.3 is 21.2 Å². The summed E-state index contributed by atoms with van der Waals surface area (Å²) in [5.41, 5.74) is 0. The molecule has 0 fully saturated rings. The van der Waals surface area contributed by atoms with Crippen molar-refractivity contribution in [3.05, 3.63) is 0 Å². The Balaban J connectivity index is -0.00000000889. The van der Waals surface area contributed by atoms with Crippen molar-refractivity contribution < 1.29 is 47.4 Å². The number of aliphatic hydroxyl groups excluding tert-OH is 2. The van der Waals surface area contributed by atoms with Gasteiger partial charge in [0.2, 0.25) is 0 Å². The summed E-state index contributed by atoms with van der Waals surface area (Å²) < 4.78 is 0. The van der Waals surface area contributed by atoms with Crippen molar-refractivity contribution in [1.29, 1.82) is 0 Å². The van der Waals surface area contributed by atoms with Gasteiger partial charge in [-0.2, -0.15) is 0 Å². The van der Waals surface area contributed by atoms with Gasteiger partial charge in [-0.15, -0.1) is 0 Å². The second-order valence-electron chi connectivity index (χ2n) is 0.632. The van der Waals surface area contributed by atoms with E-state index in [0.29, 0.717) is 0 Å². The van der Waals surface area contributed by atoms with Crippen LogP contribution in [0, 0.1) is 0 Å². The molecule has 0 aliphatic heterocycles. The largest absolute Gasteiger partial charge is 0.412 e. The average molecular weight is 219 g/mol. The molecular weight excluding hydrogens is 203 g/mol. The van der Waals surface area contributed by atoms with Crippen molar-refractivity contribution >= 4 is 0 Å². The van der Waals surface area contributed by atoms with Gasteiger partial charge in [0, 0.05) is 39.4 Å². The summed E-state index contributed by atoms with van der Waals surface area (Å²) in [6.07, 6.45) is 0. The van der Waals surface area contributed by atoms with Gasteiger partial charge in [-0.3, -0.25) is 0 Å². The maximum Gasteiger partial charge on any atom is 0.0402 e. The molecule has 0 bridgehead atoms. The predicted molar refractivity (Wildman–Crippen MR) is 32.7 cm³/mol. The minimum Gasteiger partial charge on any atom is -0.412 e. The molecule has 0 amide bonds. The number of rotatable bonds is 0. The molecule has 0 aromatic carbocycles. The van der Waals surface area contributed by atoms with E-state index >= 15 is 0 Å². The van der Waals surface area contributed by atoms with Gasteiger partial charge in [-0.25, -0.2) is 0 Å². The molecule has 0 aromatic heterocycles. The second-order valence-corrected chi connectivity index (χ2v) is 0.632. The molecule has 0 aliphatic rings. The summed E-state index contributed by atoms with van der Waals surface area (Å²) in [5.74, 6) is 0. The van der Waals surface area contributed by atoms with Crippen LogP contribution in [0.3, 0.4) is 0 Å².